The van der Waals surface area contributed by atoms with Crippen LogP contribution in [-0.2, 0) is 12.2 Å². The van der Waals surface area contributed by atoms with Gasteiger partial charge in [0.1, 0.15) is 5.76 Å². The maximum absolute atomic E-state index is 12.1. The van der Waals surface area contributed by atoms with E-state index in [0.717, 1.165) is 16.4 Å². The largest absolute Gasteiger partial charge is 0.445 e. The van der Waals surface area contributed by atoms with Crippen molar-refractivity contribution in [3.63, 3.8) is 0 Å². The van der Waals surface area contributed by atoms with Gasteiger partial charge in [0, 0.05) is 17.7 Å². The van der Waals surface area contributed by atoms with Crippen molar-refractivity contribution in [3.8, 4) is 0 Å². The lowest BCUT2D eigenvalue weighted by Gasteiger charge is -2.06. The highest BCUT2D eigenvalue weighted by atomic mass is 32.2. The summed E-state index contributed by atoms with van der Waals surface area (Å²) in [6.07, 6.45) is 4.22. The molecule has 3 aromatic rings. The first-order chi connectivity index (χ1) is 13.0. The Bertz CT molecular complexity index is 953. The number of amides is 3. The Hall–Kier alpha value is -2.85. The normalized spacial score (nSPS) is 10.6. The minimum atomic E-state index is -0.558. The van der Waals surface area contributed by atoms with Crippen LogP contribution in [0.25, 0.3) is 0 Å². The second-order valence-corrected chi connectivity index (χ2v) is 7.68. The molecule has 1 aromatic carbocycles. The van der Waals surface area contributed by atoms with Crippen molar-refractivity contribution in [2.45, 2.75) is 23.3 Å². The molecule has 2 heterocycles. The van der Waals surface area contributed by atoms with Gasteiger partial charge in [-0.25, -0.2) is 14.8 Å². The van der Waals surface area contributed by atoms with Crippen LogP contribution in [0.2, 0.25) is 0 Å². The highest BCUT2D eigenvalue weighted by Crippen LogP contribution is 2.30. The number of primary amides is 1. The molecular weight excluding hydrogens is 386 g/mol. The number of urea groups is 1. The number of nitrogens with one attached hydrogen (secondary N) is 2. The summed E-state index contributed by atoms with van der Waals surface area (Å²) in [5.74, 6) is 1.55. The molecule has 0 aliphatic carbocycles. The Labute approximate surface area is 163 Å². The summed E-state index contributed by atoms with van der Waals surface area (Å²) in [7, 11) is 0. The number of hydrogen-bond acceptors (Lipinski definition) is 7. The van der Waals surface area contributed by atoms with E-state index in [1.165, 1.54) is 29.2 Å². The summed E-state index contributed by atoms with van der Waals surface area (Å²) < 4.78 is 6.49. The number of thioether (sulfide) groups is 1. The van der Waals surface area contributed by atoms with E-state index in [4.69, 9.17) is 10.2 Å². The van der Waals surface area contributed by atoms with Crippen LogP contribution in [0, 0.1) is 0 Å². The van der Waals surface area contributed by atoms with Crippen molar-refractivity contribution in [1.82, 2.24) is 9.97 Å². The number of thiazole rings is 1. The lowest BCUT2D eigenvalue weighted by Crippen LogP contribution is -2.19. The lowest BCUT2D eigenvalue weighted by molar-refractivity contribution is 0.1000. The molecule has 27 heavy (non-hydrogen) atoms. The van der Waals surface area contributed by atoms with Crippen LogP contribution in [0.1, 0.15) is 28.9 Å². The van der Waals surface area contributed by atoms with Crippen molar-refractivity contribution < 1.29 is 14.0 Å². The SMILES string of the molecule is CCc1cnc(CSc2cnc(NC(=O)Nc3cccc(C(N)=O)c3)s2)o1. The number of hydrogen-bond donors (Lipinski definition) is 3. The first-order valence-electron chi connectivity index (χ1n) is 8.03. The number of nitrogens with two attached hydrogens (primary N) is 1. The summed E-state index contributed by atoms with van der Waals surface area (Å²) in [4.78, 5) is 31.7. The maximum atomic E-state index is 12.1. The van der Waals surface area contributed by atoms with E-state index in [9.17, 15) is 9.59 Å². The number of benzene rings is 1. The monoisotopic (exact) mass is 403 g/mol. The van der Waals surface area contributed by atoms with Crippen LogP contribution in [0.15, 0.2) is 45.3 Å². The lowest BCUT2D eigenvalue weighted by atomic mass is 10.2. The van der Waals surface area contributed by atoms with Gasteiger partial charge < -0.3 is 15.5 Å². The van der Waals surface area contributed by atoms with Gasteiger partial charge in [0.05, 0.1) is 22.4 Å². The van der Waals surface area contributed by atoms with Crippen LogP contribution in [0.4, 0.5) is 15.6 Å². The highest BCUT2D eigenvalue weighted by molar-refractivity contribution is 8.00. The van der Waals surface area contributed by atoms with Gasteiger partial charge in [-0.3, -0.25) is 10.1 Å². The molecule has 0 saturated carbocycles. The molecule has 0 fully saturated rings. The second kappa shape index (κ2) is 8.69. The van der Waals surface area contributed by atoms with Gasteiger partial charge in [-0.05, 0) is 18.2 Å². The number of rotatable bonds is 7. The number of oxazole rings is 1. The van der Waals surface area contributed by atoms with Crippen LogP contribution in [0.5, 0.6) is 0 Å². The number of aryl methyl sites for hydroxylation is 1. The molecule has 3 amide bonds. The number of anilines is 2. The van der Waals surface area contributed by atoms with E-state index >= 15 is 0 Å². The minimum absolute atomic E-state index is 0.318. The average Bonchev–Trinajstić information content (AvgIpc) is 3.29. The summed E-state index contributed by atoms with van der Waals surface area (Å²) in [5, 5.41) is 5.76. The first-order valence-corrected chi connectivity index (χ1v) is 9.83. The average molecular weight is 403 g/mol. The van der Waals surface area contributed by atoms with Gasteiger partial charge in [0.2, 0.25) is 11.8 Å². The van der Waals surface area contributed by atoms with Crippen molar-refractivity contribution >= 4 is 45.9 Å². The standard InChI is InChI=1S/C17H17N5O3S2/c1-2-12-7-19-13(25-12)9-26-14-8-20-17(27-14)22-16(24)21-11-5-3-4-10(6-11)15(18)23/h3-8H,2,9H2,1H3,(H2,18,23)(H2,20,21,22,24). The zero-order valence-electron chi connectivity index (χ0n) is 14.4. The molecule has 0 aliphatic rings. The molecule has 2 aromatic heterocycles. The molecule has 3 rings (SSSR count). The van der Waals surface area contributed by atoms with Crippen LogP contribution < -0.4 is 16.4 Å². The van der Waals surface area contributed by atoms with Gasteiger partial charge in [0.25, 0.3) is 0 Å². The molecule has 0 aliphatic heterocycles. The Kier molecular flexibility index (Phi) is 6.09. The maximum Gasteiger partial charge on any atom is 0.325 e. The molecule has 0 bridgehead atoms. The smallest absolute Gasteiger partial charge is 0.325 e. The van der Waals surface area contributed by atoms with Crippen LogP contribution in [-0.4, -0.2) is 21.9 Å². The van der Waals surface area contributed by atoms with Gasteiger partial charge >= 0.3 is 6.03 Å². The first kappa shape index (κ1) is 18.9. The summed E-state index contributed by atoms with van der Waals surface area (Å²) in [5.41, 5.74) is 6.01. The van der Waals surface area contributed by atoms with E-state index in [2.05, 4.69) is 20.6 Å². The molecule has 0 spiro atoms. The third kappa shape index (κ3) is 5.31. The topological polar surface area (TPSA) is 123 Å². The quantitative estimate of drug-likeness (QED) is 0.517. The zero-order chi connectivity index (χ0) is 19.2. The Morgan fingerprint density at radius 3 is 2.85 bits per heavy atom. The molecule has 140 valence electrons. The predicted molar refractivity (Wildman–Crippen MR) is 105 cm³/mol. The fourth-order valence-electron chi connectivity index (χ4n) is 2.10. The number of carbonyl (C=O) groups excluding carboxylic acids is 2. The summed E-state index contributed by atoms with van der Waals surface area (Å²) in [6.45, 7) is 2.01. The number of aromatic nitrogens is 2. The van der Waals surface area contributed by atoms with E-state index in [0.29, 0.717) is 28.0 Å². The molecular formula is C17H17N5O3S2. The van der Waals surface area contributed by atoms with E-state index in [1.807, 2.05) is 6.92 Å². The Balaban J connectivity index is 1.53. The van der Waals surface area contributed by atoms with Crippen molar-refractivity contribution in [2.75, 3.05) is 10.6 Å². The number of nitrogens with zero attached hydrogens (tertiary/aromatic N) is 2. The van der Waals surface area contributed by atoms with Gasteiger partial charge in [0.15, 0.2) is 5.13 Å². The van der Waals surface area contributed by atoms with Gasteiger partial charge in [-0.15, -0.1) is 11.8 Å². The second-order valence-electron chi connectivity index (χ2n) is 5.37. The third-order valence-electron chi connectivity index (χ3n) is 3.40. The van der Waals surface area contributed by atoms with Gasteiger partial charge in [-0.1, -0.05) is 24.3 Å². The fraction of sp³-hybridized carbons (Fsp3) is 0.176. The minimum Gasteiger partial charge on any atom is -0.445 e. The summed E-state index contributed by atoms with van der Waals surface area (Å²) >= 11 is 2.88. The van der Waals surface area contributed by atoms with E-state index < -0.39 is 11.9 Å². The molecule has 0 unspecified atom stereocenters. The van der Waals surface area contributed by atoms with Gasteiger partial charge in [-0.2, -0.15) is 0 Å². The molecule has 8 nitrogen and oxygen atoms in total. The Morgan fingerprint density at radius 1 is 1.26 bits per heavy atom. The van der Waals surface area contributed by atoms with Crippen LogP contribution in [0.3, 0.4) is 0 Å². The van der Waals surface area contributed by atoms with Crippen molar-refractivity contribution in [1.29, 1.82) is 0 Å². The van der Waals surface area contributed by atoms with E-state index in [1.54, 1.807) is 30.6 Å². The Morgan fingerprint density at radius 2 is 2.11 bits per heavy atom. The predicted octanol–water partition coefficient (Wildman–Crippen LogP) is 3.73. The van der Waals surface area contributed by atoms with Crippen molar-refractivity contribution in [2.24, 2.45) is 5.73 Å². The molecule has 0 radical (unpaired) electrons. The molecule has 0 saturated heterocycles. The third-order valence-corrected chi connectivity index (χ3v) is 5.49. The van der Waals surface area contributed by atoms with Crippen LogP contribution >= 0.6 is 23.1 Å². The highest BCUT2D eigenvalue weighted by Gasteiger charge is 2.10. The zero-order valence-corrected chi connectivity index (χ0v) is 16.0. The molecule has 0 atom stereocenters. The fourth-order valence-corrected chi connectivity index (χ4v) is 3.83. The van der Waals surface area contributed by atoms with E-state index in [-0.39, 0.29) is 0 Å². The van der Waals surface area contributed by atoms with Crippen molar-refractivity contribution in [3.05, 3.63) is 53.9 Å². The molecule has 4 N–H and O–H groups in total. The molecule has 10 heteroatoms. The summed E-state index contributed by atoms with van der Waals surface area (Å²) in [6, 6.07) is 5.93. The number of carbonyl (C=O) groups is 2.